The van der Waals surface area contributed by atoms with Gasteiger partial charge in [0, 0.05) is 44.7 Å². The molecule has 9 nitrogen and oxygen atoms in total. The number of aromatic nitrogens is 5. The van der Waals surface area contributed by atoms with Gasteiger partial charge in [-0.25, -0.2) is 4.79 Å². The molecule has 0 saturated heterocycles. The summed E-state index contributed by atoms with van der Waals surface area (Å²) < 4.78 is 4.30. The Morgan fingerprint density at radius 1 is 1.13 bits per heavy atom. The maximum atomic E-state index is 13.3. The van der Waals surface area contributed by atoms with Crippen LogP contribution in [0.1, 0.15) is 19.0 Å². The van der Waals surface area contributed by atoms with Crippen molar-refractivity contribution in [2.45, 2.75) is 19.9 Å². The second kappa shape index (κ2) is 7.33. The summed E-state index contributed by atoms with van der Waals surface area (Å²) in [6, 6.07) is 7.62. The van der Waals surface area contributed by atoms with Crippen molar-refractivity contribution in [3.8, 4) is 0 Å². The van der Waals surface area contributed by atoms with Gasteiger partial charge in [0.1, 0.15) is 0 Å². The molecule has 0 aliphatic rings. The molecule has 0 unspecified atom stereocenters. The molecule has 2 N–H and O–H groups in total. The maximum Gasteiger partial charge on any atom is 0.332 e. The van der Waals surface area contributed by atoms with E-state index in [2.05, 4.69) is 16.9 Å². The van der Waals surface area contributed by atoms with Crippen LogP contribution < -0.4 is 21.9 Å². The number of benzene rings is 1. The van der Waals surface area contributed by atoms with Crippen LogP contribution in [0.3, 0.4) is 0 Å². The van der Waals surface area contributed by atoms with Crippen molar-refractivity contribution in [3.63, 3.8) is 0 Å². The molecule has 156 valence electrons. The lowest BCUT2D eigenvalue weighted by atomic mass is 10.1. The molecule has 3 aromatic heterocycles. The van der Waals surface area contributed by atoms with Crippen LogP contribution in [-0.2, 0) is 20.6 Å². The number of fused-ring (bicyclic) bond motifs is 2. The number of hydrogen-bond acceptors (Lipinski definition) is 6. The Labute approximate surface area is 173 Å². The molecule has 0 spiro atoms. The molecule has 0 bridgehead atoms. The second-order valence-electron chi connectivity index (χ2n) is 7.50. The molecule has 0 aliphatic carbocycles. The lowest BCUT2D eigenvalue weighted by molar-refractivity contribution is 0.647. The number of rotatable bonds is 5. The van der Waals surface area contributed by atoms with Gasteiger partial charge in [-0.15, -0.1) is 0 Å². The molecule has 30 heavy (non-hydrogen) atoms. The zero-order chi connectivity index (χ0) is 21.6. The summed E-state index contributed by atoms with van der Waals surface area (Å²) in [6.07, 6.45) is 2.65. The zero-order valence-corrected chi connectivity index (χ0v) is 17.6. The first kappa shape index (κ1) is 19.7. The highest BCUT2D eigenvalue weighted by molar-refractivity contribution is 5.93. The Morgan fingerprint density at radius 3 is 2.60 bits per heavy atom. The van der Waals surface area contributed by atoms with Gasteiger partial charge < -0.3 is 15.2 Å². The third-order valence-electron chi connectivity index (χ3n) is 5.47. The Balaban J connectivity index is 1.90. The molecule has 0 fully saturated rings. The van der Waals surface area contributed by atoms with Crippen LogP contribution in [0.25, 0.3) is 21.9 Å². The maximum absolute atomic E-state index is 13.3. The first-order valence-electron chi connectivity index (χ1n) is 9.84. The third kappa shape index (κ3) is 2.94. The fourth-order valence-corrected chi connectivity index (χ4v) is 3.85. The molecular weight excluding hydrogens is 382 g/mol. The summed E-state index contributed by atoms with van der Waals surface area (Å²) in [5.41, 5.74) is 7.14. The van der Waals surface area contributed by atoms with E-state index in [9.17, 15) is 9.59 Å². The van der Waals surface area contributed by atoms with Gasteiger partial charge in [-0.05, 0) is 6.42 Å². The predicted molar refractivity (Wildman–Crippen MR) is 119 cm³/mol. The quantitative estimate of drug-likeness (QED) is 0.537. The van der Waals surface area contributed by atoms with Crippen molar-refractivity contribution >= 4 is 33.6 Å². The van der Waals surface area contributed by atoms with Crippen LogP contribution in [0, 0.1) is 0 Å². The van der Waals surface area contributed by atoms with E-state index in [0.717, 1.165) is 23.7 Å². The van der Waals surface area contributed by atoms with Crippen LogP contribution in [0.2, 0.25) is 0 Å². The number of aryl methyl sites for hydroxylation is 2. The van der Waals surface area contributed by atoms with Crippen molar-refractivity contribution < 1.29 is 0 Å². The number of imidazole rings is 1. The van der Waals surface area contributed by atoms with Crippen molar-refractivity contribution in [2.75, 3.05) is 24.2 Å². The van der Waals surface area contributed by atoms with Crippen molar-refractivity contribution in [2.24, 2.45) is 14.1 Å². The Hall–Kier alpha value is -3.62. The number of nitrogen functional groups attached to an aromatic ring is 1. The van der Waals surface area contributed by atoms with E-state index in [0.29, 0.717) is 28.5 Å². The van der Waals surface area contributed by atoms with Crippen LogP contribution in [-0.4, -0.2) is 37.3 Å². The van der Waals surface area contributed by atoms with Gasteiger partial charge in [0.2, 0.25) is 5.95 Å². The fourth-order valence-electron chi connectivity index (χ4n) is 3.85. The number of pyridine rings is 1. The summed E-state index contributed by atoms with van der Waals surface area (Å²) in [4.78, 5) is 37.2. The topological polar surface area (TPSA) is 104 Å². The molecule has 0 aliphatic heterocycles. The lowest BCUT2D eigenvalue weighted by Gasteiger charge is -2.16. The zero-order valence-electron chi connectivity index (χ0n) is 17.6. The Bertz CT molecular complexity index is 1380. The SMILES string of the molecule is CCCN(C)c1nc2c(c(=O)n(Cc3ncc4ccccc4c3N)c(=O)n2C)n1C. The van der Waals surface area contributed by atoms with Gasteiger partial charge in [-0.2, -0.15) is 4.98 Å². The summed E-state index contributed by atoms with van der Waals surface area (Å²) >= 11 is 0. The third-order valence-corrected chi connectivity index (χ3v) is 5.47. The first-order valence-corrected chi connectivity index (χ1v) is 9.84. The molecule has 9 heteroatoms. The van der Waals surface area contributed by atoms with E-state index in [1.807, 2.05) is 36.2 Å². The second-order valence-corrected chi connectivity index (χ2v) is 7.50. The van der Waals surface area contributed by atoms with E-state index >= 15 is 0 Å². The Kier molecular flexibility index (Phi) is 4.81. The molecule has 0 amide bonds. The largest absolute Gasteiger partial charge is 0.397 e. The van der Waals surface area contributed by atoms with Gasteiger partial charge >= 0.3 is 5.69 Å². The number of nitrogens with zero attached hydrogens (tertiary/aromatic N) is 6. The van der Waals surface area contributed by atoms with E-state index in [4.69, 9.17) is 5.73 Å². The van der Waals surface area contributed by atoms with Gasteiger partial charge in [0.05, 0.1) is 17.9 Å². The van der Waals surface area contributed by atoms with Crippen molar-refractivity contribution in [3.05, 3.63) is 57.0 Å². The number of nitrogens with two attached hydrogens (primary N) is 1. The van der Waals surface area contributed by atoms with E-state index in [1.165, 1.54) is 9.13 Å². The average Bonchev–Trinajstić information content (AvgIpc) is 3.09. The van der Waals surface area contributed by atoms with Crippen LogP contribution >= 0.6 is 0 Å². The highest BCUT2D eigenvalue weighted by Gasteiger charge is 2.21. The molecule has 3 heterocycles. The monoisotopic (exact) mass is 407 g/mol. The van der Waals surface area contributed by atoms with E-state index in [-0.39, 0.29) is 6.54 Å². The van der Waals surface area contributed by atoms with Gasteiger partial charge in [-0.3, -0.25) is 18.9 Å². The Morgan fingerprint density at radius 2 is 1.87 bits per heavy atom. The molecule has 0 atom stereocenters. The van der Waals surface area contributed by atoms with Crippen LogP contribution in [0.5, 0.6) is 0 Å². The number of anilines is 2. The highest BCUT2D eigenvalue weighted by atomic mass is 16.2. The summed E-state index contributed by atoms with van der Waals surface area (Å²) in [5, 5.41) is 1.75. The predicted octanol–water partition coefficient (Wildman–Crippen LogP) is 1.46. The van der Waals surface area contributed by atoms with Gasteiger partial charge in [0.15, 0.2) is 11.2 Å². The summed E-state index contributed by atoms with van der Waals surface area (Å²) in [7, 11) is 5.32. The van der Waals surface area contributed by atoms with Gasteiger partial charge in [-0.1, -0.05) is 31.2 Å². The van der Waals surface area contributed by atoms with Crippen molar-refractivity contribution in [1.82, 2.24) is 23.7 Å². The van der Waals surface area contributed by atoms with Crippen LogP contribution in [0.15, 0.2) is 40.1 Å². The average molecular weight is 407 g/mol. The first-order chi connectivity index (χ1) is 14.3. The van der Waals surface area contributed by atoms with Crippen LogP contribution in [0.4, 0.5) is 11.6 Å². The number of hydrogen-bond donors (Lipinski definition) is 1. The normalized spacial score (nSPS) is 11.5. The highest BCUT2D eigenvalue weighted by Crippen LogP contribution is 2.23. The van der Waals surface area contributed by atoms with Crippen molar-refractivity contribution in [1.29, 1.82) is 0 Å². The summed E-state index contributed by atoms with van der Waals surface area (Å²) in [5.74, 6) is 0.639. The molecule has 1 aromatic carbocycles. The lowest BCUT2D eigenvalue weighted by Crippen LogP contribution is -2.40. The fraction of sp³-hybridized carbons (Fsp3) is 0.333. The van der Waals surface area contributed by atoms with E-state index < -0.39 is 11.2 Å². The standard InChI is InChI=1S/C21H25N7O2/c1-5-10-25(2)20-24-18-17(26(20)3)19(29)28(21(30)27(18)4)12-15-16(22)14-9-7-6-8-13(14)11-23-15/h6-9,11H,5,10,12,22H2,1-4H3. The molecule has 4 aromatic rings. The molecule has 4 rings (SSSR count). The van der Waals surface area contributed by atoms with Gasteiger partial charge in [0.25, 0.3) is 5.56 Å². The molecule has 0 radical (unpaired) electrons. The smallest absolute Gasteiger partial charge is 0.332 e. The minimum Gasteiger partial charge on any atom is -0.397 e. The minimum absolute atomic E-state index is 0.0105. The summed E-state index contributed by atoms with van der Waals surface area (Å²) in [6.45, 7) is 2.85. The molecular formula is C21H25N7O2. The minimum atomic E-state index is -0.454. The molecule has 0 saturated carbocycles. The van der Waals surface area contributed by atoms with E-state index in [1.54, 1.807) is 24.9 Å².